The van der Waals surface area contributed by atoms with Gasteiger partial charge in [-0.15, -0.1) is 0 Å². The molecule has 0 unspecified atom stereocenters. The fourth-order valence-corrected chi connectivity index (χ4v) is 1.76. The predicted molar refractivity (Wildman–Crippen MR) is 57.8 cm³/mol. The molecule has 1 aromatic heterocycles. The Kier molecular flexibility index (Phi) is 3.50. The molecule has 0 amide bonds. The fourth-order valence-electron chi connectivity index (χ4n) is 1.32. The van der Waals surface area contributed by atoms with Gasteiger partial charge in [-0.1, -0.05) is 12.1 Å². The van der Waals surface area contributed by atoms with E-state index in [0.29, 0.717) is 0 Å². The van der Waals surface area contributed by atoms with Gasteiger partial charge in [-0.2, -0.15) is 4.57 Å². The number of aromatic nitrogens is 1. The van der Waals surface area contributed by atoms with Gasteiger partial charge in [0.05, 0.1) is 0 Å². The quantitative estimate of drug-likeness (QED) is 0.343. The Morgan fingerprint density at radius 2 is 1.77 bits per heavy atom. The molecular formula is C10H9ClIN. The summed E-state index contributed by atoms with van der Waals surface area (Å²) in [4.78, 5) is 0. The minimum atomic E-state index is 0. The van der Waals surface area contributed by atoms with E-state index in [1.54, 1.807) is 0 Å². The molecule has 0 aliphatic rings. The maximum absolute atomic E-state index is 2.34. The van der Waals surface area contributed by atoms with Crippen LogP contribution in [0.4, 0.5) is 0 Å². The third-order valence-electron chi connectivity index (χ3n) is 2.02. The molecule has 1 heterocycles. The Morgan fingerprint density at radius 1 is 1.08 bits per heavy atom. The fraction of sp³-hybridized carbons (Fsp3) is 0.100. The third kappa shape index (κ3) is 1.94. The third-order valence-corrected chi connectivity index (χ3v) is 3.10. The van der Waals surface area contributed by atoms with Gasteiger partial charge < -0.3 is 12.4 Å². The summed E-state index contributed by atoms with van der Waals surface area (Å²) in [6, 6.07) is 12.7. The standard InChI is InChI=1S/C10H9IN.ClH/c1-12-9-5-3-2-4-8(9)6-7-10(12)11;/h2-7H,1H3;1H/q+1;/p-1. The number of halogens is 2. The predicted octanol–water partition coefficient (Wildman–Crippen LogP) is -0.727. The summed E-state index contributed by atoms with van der Waals surface area (Å²) in [5.74, 6) is 0. The van der Waals surface area contributed by atoms with Crippen LogP contribution in [0.15, 0.2) is 36.4 Å². The molecule has 0 fully saturated rings. The number of aryl methyl sites for hydroxylation is 1. The van der Waals surface area contributed by atoms with E-state index in [4.69, 9.17) is 0 Å². The lowest BCUT2D eigenvalue weighted by molar-refractivity contribution is -0.658. The topological polar surface area (TPSA) is 3.88 Å². The first-order valence-electron chi connectivity index (χ1n) is 3.82. The van der Waals surface area contributed by atoms with Crippen molar-refractivity contribution in [1.29, 1.82) is 0 Å². The molecule has 13 heavy (non-hydrogen) atoms. The lowest BCUT2D eigenvalue weighted by atomic mass is 10.2. The summed E-state index contributed by atoms with van der Waals surface area (Å²) in [5.41, 5.74) is 1.28. The summed E-state index contributed by atoms with van der Waals surface area (Å²) in [7, 11) is 2.09. The smallest absolute Gasteiger partial charge is 0.241 e. The second kappa shape index (κ2) is 4.24. The Bertz CT molecular complexity index is 428. The number of fused-ring (bicyclic) bond motifs is 1. The van der Waals surface area contributed by atoms with E-state index in [9.17, 15) is 0 Å². The van der Waals surface area contributed by atoms with Crippen LogP contribution in [0.25, 0.3) is 10.9 Å². The molecule has 68 valence electrons. The summed E-state index contributed by atoms with van der Waals surface area (Å²) in [6.45, 7) is 0. The van der Waals surface area contributed by atoms with E-state index in [1.807, 2.05) is 0 Å². The van der Waals surface area contributed by atoms with Crippen molar-refractivity contribution in [2.24, 2.45) is 7.05 Å². The van der Waals surface area contributed by atoms with Crippen molar-refractivity contribution in [3.63, 3.8) is 0 Å². The average molecular weight is 306 g/mol. The second-order valence-corrected chi connectivity index (χ2v) is 3.88. The Morgan fingerprint density at radius 3 is 2.54 bits per heavy atom. The largest absolute Gasteiger partial charge is 1.00 e. The number of hydrogen-bond acceptors (Lipinski definition) is 0. The molecule has 2 rings (SSSR count). The molecule has 0 aliphatic heterocycles. The van der Waals surface area contributed by atoms with Gasteiger partial charge >= 0.3 is 0 Å². The SMILES string of the molecule is C[n+]1c(I)ccc2ccccc21.[Cl-]. The van der Waals surface area contributed by atoms with Crippen molar-refractivity contribution >= 4 is 33.5 Å². The molecule has 0 atom stereocenters. The zero-order chi connectivity index (χ0) is 8.55. The molecule has 3 heteroatoms. The lowest BCUT2D eigenvalue weighted by Crippen LogP contribution is -3.00. The second-order valence-electron chi connectivity index (χ2n) is 2.77. The van der Waals surface area contributed by atoms with Crippen molar-refractivity contribution in [3.05, 3.63) is 40.1 Å². The van der Waals surface area contributed by atoms with Crippen LogP contribution in [0.5, 0.6) is 0 Å². The average Bonchev–Trinajstić information content (AvgIpc) is 2.12. The van der Waals surface area contributed by atoms with Crippen LogP contribution in [0.3, 0.4) is 0 Å². The number of benzene rings is 1. The van der Waals surface area contributed by atoms with E-state index >= 15 is 0 Å². The number of nitrogens with zero attached hydrogens (tertiary/aromatic N) is 1. The van der Waals surface area contributed by atoms with E-state index in [1.165, 1.54) is 14.6 Å². The lowest BCUT2D eigenvalue weighted by Gasteiger charge is -1.96. The van der Waals surface area contributed by atoms with Gasteiger partial charge in [0.25, 0.3) is 0 Å². The molecule has 0 spiro atoms. The zero-order valence-corrected chi connectivity index (χ0v) is 10.1. The van der Waals surface area contributed by atoms with Gasteiger partial charge in [-0.25, -0.2) is 0 Å². The van der Waals surface area contributed by atoms with E-state index in [2.05, 4.69) is 70.6 Å². The molecule has 0 bridgehead atoms. The van der Waals surface area contributed by atoms with Crippen molar-refractivity contribution in [3.8, 4) is 0 Å². The van der Waals surface area contributed by atoms with Gasteiger partial charge in [-0.05, 0) is 12.1 Å². The van der Waals surface area contributed by atoms with Gasteiger partial charge in [0.15, 0.2) is 0 Å². The van der Waals surface area contributed by atoms with E-state index in [-0.39, 0.29) is 12.4 Å². The Labute approximate surface area is 97.3 Å². The molecule has 0 aliphatic carbocycles. The molecule has 0 saturated carbocycles. The minimum absolute atomic E-state index is 0. The van der Waals surface area contributed by atoms with Crippen molar-refractivity contribution in [2.75, 3.05) is 0 Å². The van der Waals surface area contributed by atoms with Crippen LogP contribution in [0.1, 0.15) is 0 Å². The number of para-hydroxylation sites is 1. The minimum Gasteiger partial charge on any atom is -1.00 e. The monoisotopic (exact) mass is 305 g/mol. The van der Waals surface area contributed by atoms with Crippen molar-refractivity contribution in [1.82, 2.24) is 0 Å². The molecule has 1 nitrogen and oxygen atoms in total. The molecule has 1 aromatic carbocycles. The highest BCUT2D eigenvalue weighted by atomic mass is 127. The normalized spacial score (nSPS) is 9.69. The molecule has 0 radical (unpaired) electrons. The summed E-state index contributed by atoms with van der Waals surface area (Å²) in [5, 5.41) is 1.29. The van der Waals surface area contributed by atoms with Crippen LogP contribution in [-0.4, -0.2) is 0 Å². The Hall–Kier alpha value is -0.350. The highest BCUT2D eigenvalue weighted by Crippen LogP contribution is 2.10. The van der Waals surface area contributed by atoms with E-state index in [0.717, 1.165) is 0 Å². The number of pyridine rings is 1. The Balaban J connectivity index is 0.000000845. The van der Waals surface area contributed by atoms with Crippen LogP contribution in [-0.2, 0) is 7.05 Å². The van der Waals surface area contributed by atoms with Gasteiger partial charge in [0.1, 0.15) is 7.05 Å². The maximum atomic E-state index is 2.34. The molecule has 0 saturated heterocycles. The molecule has 0 N–H and O–H groups in total. The van der Waals surface area contributed by atoms with Gasteiger partial charge in [0, 0.05) is 40.1 Å². The van der Waals surface area contributed by atoms with Gasteiger partial charge in [-0.3, -0.25) is 0 Å². The maximum Gasteiger partial charge on any atom is 0.241 e. The highest BCUT2D eigenvalue weighted by Gasteiger charge is 2.06. The zero-order valence-electron chi connectivity index (χ0n) is 7.17. The molecular weight excluding hydrogens is 296 g/mol. The van der Waals surface area contributed by atoms with Gasteiger partial charge in [0.2, 0.25) is 9.22 Å². The van der Waals surface area contributed by atoms with Crippen LogP contribution in [0, 0.1) is 3.70 Å². The first-order chi connectivity index (χ1) is 5.79. The summed E-state index contributed by atoms with van der Waals surface area (Å²) in [6.07, 6.45) is 0. The summed E-state index contributed by atoms with van der Waals surface area (Å²) < 4.78 is 3.45. The number of hydrogen-bond donors (Lipinski definition) is 0. The van der Waals surface area contributed by atoms with Crippen LogP contribution < -0.4 is 17.0 Å². The van der Waals surface area contributed by atoms with Crippen molar-refractivity contribution in [2.45, 2.75) is 0 Å². The van der Waals surface area contributed by atoms with Crippen LogP contribution >= 0.6 is 22.6 Å². The van der Waals surface area contributed by atoms with Crippen molar-refractivity contribution < 1.29 is 17.0 Å². The summed E-state index contributed by atoms with van der Waals surface area (Å²) >= 11 is 2.34. The first kappa shape index (κ1) is 10.7. The van der Waals surface area contributed by atoms with E-state index < -0.39 is 0 Å². The first-order valence-corrected chi connectivity index (χ1v) is 4.90. The highest BCUT2D eigenvalue weighted by molar-refractivity contribution is 14.1. The molecule has 2 aromatic rings. The van der Waals surface area contributed by atoms with Crippen LogP contribution in [0.2, 0.25) is 0 Å². The number of rotatable bonds is 0.